The molecule has 3 heterocycles. The molecule has 9 nitrogen and oxygen atoms in total. The molecule has 2 fully saturated rings. The number of carbonyl (C=O) groups excluding carboxylic acids is 1. The van der Waals surface area contributed by atoms with E-state index in [1.165, 1.54) is 0 Å². The minimum Gasteiger partial charge on any atom is -0.424 e. The van der Waals surface area contributed by atoms with Crippen LogP contribution in [0.5, 0.6) is 11.8 Å². The minimum atomic E-state index is -0.250. The first-order valence-corrected chi connectivity index (χ1v) is 10.3. The van der Waals surface area contributed by atoms with Gasteiger partial charge in [0, 0.05) is 62.3 Å². The third kappa shape index (κ3) is 5.65. The molecular weight excluding hydrogens is 386 g/mol. The van der Waals surface area contributed by atoms with E-state index in [2.05, 4.69) is 25.5 Å². The molecule has 1 aromatic heterocycles. The molecule has 2 atom stereocenters. The topological polar surface area (TPSA) is 97.8 Å². The summed E-state index contributed by atoms with van der Waals surface area (Å²) in [5, 5.41) is 5.89. The predicted octanol–water partition coefficient (Wildman–Crippen LogP) is 2.13. The van der Waals surface area contributed by atoms with E-state index in [1.807, 2.05) is 6.07 Å². The van der Waals surface area contributed by atoms with Crippen LogP contribution in [0.3, 0.4) is 0 Å². The fourth-order valence-corrected chi connectivity index (χ4v) is 3.81. The molecule has 0 unspecified atom stereocenters. The Morgan fingerprint density at radius 3 is 2.77 bits per heavy atom. The van der Waals surface area contributed by atoms with Gasteiger partial charge in [-0.25, -0.2) is 14.8 Å². The number of hydrogen-bond donors (Lipinski definition) is 2. The van der Waals surface area contributed by atoms with Crippen molar-refractivity contribution in [2.75, 3.05) is 51.4 Å². The van der Waals surface area contributed by atoms with Crippen molar-refractivity contribution >= 4 is 11.7 Å². The molecule has 9 heteroatoms. The van der Waals surface area contributed by atoms with Gasteiger partial charge in [-0.15, -0.1) is 0 Å². The molecule has 0 saturated carbocycles. The second-order valence-corrected chi connectivity index (χ2v) is 7.34. The van der Waals surface area contributed by atoms with Crippen LogP contribution in [0, 0.1) is 5.92 Å². The lowest BCUT2D eigenvalue weighted by molar-refractivity contribution is 0.00222. The Labute approximate surface area is 175 Å². The van der Waals surface area contributed by atoms with E-state index in [-0.39, 0.29) is 18.1 Å². The van der Waals surface area contributed by atoms with Gasteiger partial charge in [0.2, 0.25) is 0 Å². The maximum Gasteiger partial charge on any atom is 0.321 e. The summed E-state index contributed by atoms with van der Waals surface area (Å²) in [4.78, 5) is 23.0. The van der Waals surface area contributed by atoms with Crippen molar-refractivity contribution in [2.24, 2.45) is 5.92 Å². The summed E-state index contributed by atoms with van der Waals surface area (Å²) in [5.41, 5.74) is 0.632. The van der Waals surface area contributed by atoms with E-state index >= 15 is 0 Å². The SMILES string of the molecule is O=C(NC[C@H]([C@H]1CCOC1)N1CCOCC1)Nc1cccc(Oc2ncccn2)c1. The molecule has 2 aliphatic rings. The van der Waals surface area contributed by atoms with Gasteiger partial charge in [-0.05, 0) is 24.6 Å². The molecule has 2 aliphatic heterocycles. The third-order valence-corrected chi connectivity index (χ3v) is 5.34. The molecule has 0 radical (unpaired) electrons. The van der Waals surface area contributed by atoms with Crippen LogP contribution in [-0.2, 0) is 9.47 Å². The summed E-state index contributed by atoms with van der Waals surface area (Å²) in [5.74, 6) is 0.972. The quantitative estimate of drug-likeness (QED) is 0.718. The van der Waals surface area contributed by atoms with Crippen LogP contribution in [0.15, 0.2) is 42.7 Å². The maximum atomic E-state index is 12.5. The number of urea groups is 1. The van der Waals surface area contributed by atoms with Gasteiger partial charge in [0.1, 0.15) is 5.75 Å². The number of amides is 2. The van der Waals surface area contributed by atoms with E-state index in [4.69, 9.17) is 14.2 Å². The number of rotatable bonds is 7. The van der Waals surface area contributed by atoms with Gasteiger partial charge >= 0.3 is 12.0 Å². The van der Waals surface area contributed by atoms with Gasteiger partial charge < -0.3 is 24.8 Å². The Hall–Kier alpha value is -2.75. The van der Waals surface area contributed by atoms with Crippen LogP contribution in [-0.4, -0.2) is 73.0 Å². The lowest BCUT2D eigenvalue weighted by Crippen LogP contribution is -2.52. The van der Waals surface area contributed by atoms with Crippen molar-refractivity contribution in [3.63, 3.8) is 0 Å². The van der Waals surface area contributed by atoms with Gasteiger partial charge in [0.05, 0.1) is 19.8 Å². The molecule has 160 valence electrons. The molecule has 0 aliphatic carbocycles. The Kier molecular flexibility index (Phi) is 7.07. The average molecular weight is 413 g/mol. The Morgan fingerprint density at radius 2 is 2.00 bits per heavy atom. The number of nitrogens with one attached hydrogen (secondary N) is 2. The summed E-state index contributed by atoms with van der Waals surface area (Å²) in [7, 11) is 0. The highest BCUT2D eigenvalue weighted by atomic mass is 16.5. The van der Waals surface area contributed by atoms with Crippen molar-refractivity contribution in [2.45, 2.75) is 12.5 Å². The molecule has 0 spiro atoms. The summed E-state index contributed by atoms with van der Waals surface area (Å²) in [6.07, 6.45) is 4.24. The first-order valence-electron chi connectivity index (χ1n) is 10.3. The minimum absolute atomic E-state index is 0.243. The predicted molar refractivity (Wildman–Crippen MR) is 111 cm³/mol. The van der Waals surface area contributed by atoms with Gasteiger partial charge in [0.25, 0.3) is 0 Å². The summed E-state index contributed by atoms with van der Waals surface area (Å²) >= 11 is 0. The van der Waals surface area contributed by atoms with Crippen molar-refractivity contribution < 1.29 is 19.0 Å². The van der Waals surface area contributed by atoms with E-state index in [9.17, 15) is 4.79 Å². The van der Waals surface area contributed by atoms with Crippen LogP contribution in [0.1, 0.15) is 6.42 Å². The normalized spacial score (nSPS) is 20.5. The summed E-state index contributed by atoms with van der Waals surface area (Å²) in [6, 6.07) is 9.10. The van der Waals surface area contributed by atoms with Gasteiger partial charge in [0.15, 0.2) is 0 Å². The highest BCUT2D eigenvalue weighted by Crippen LogP contribution is 2.23. The number of aromatic nitrogens is 2. The van der Waals surface area contributed by atoms with E-state index < -0.39 is 0 Å². The van der Waals surface area contributed by atoms with E-state index in [0.717, 1.165) is 45.9 Å². The van der Waals surface area contributed by atoms with Gasteiger partial charge in [-0.2, -0.15) is 0 Å². The lowest BCUT2D eigenvalue weighted by Gasteiger charge is -2.37. The molecule has 2 amide bonds. The number of nitrogens with zero attached hydrogens (tertiary/aromatic N) is 3. The van der Waals surface area contributed by atoms with Gasteiger partial charge in [-0.1, -0.05) is 6.07 Å². The first kappa shape index (κ1) is 20.5. The Bertz CT molecular complexity index is 810. The first-order chi connectivity index (χ1) is 14.8. The Morgan fingerprint density at radius 1 is 1.17 bits per heavy atom. The van der Waals surface area contributed by atoms with Crippen LogP contribution in [0.25, 0.3) is 0 Å². The maximum absolute atomic E-state index is 12.5. The van der Waals surface area contributed by atoms with Crippen molar-refractivity contribution in [3.05, 3.63) is 42.7 Å². The standard InChI is InChI=1S/C21H27N5O4/c27-20(24-14-19(16-5-10-29-15-16)26-8-11-28-12-9-26)25-17-3-1-4-18(13-17)30-21-22-6-2-7-23-21/h1-4,6-7,13,16,19H,5,8-12,14-15H2,(H2,24,25,27)/t16-,19+/m0/s1. The molecule has 30 heavy (non-hydrogen) atoms. The molecule has 2 saturated heterocycles. The molecule has 0 bridgehead atoms. The number of hydrogen-bond acceptors (Lipinski definition) is 7. The van der Waals surface area contributed by atoms with Crippen molar-refractivity contribution in [1.29, 1.82) is 0 Å². The number of morpholine rings is 1. The zero-order chi connectivity index (χ0) is 20.6. The average Bonchev–Trinajstić information content (AvgIpc) is 3.30. The molecule has 1 aromatic carbocycles. The van der Waals surface area contributed by atoms with Crippen LogP contribution < -0.4 is 15.4 Å². The Balaban J connectivity index is 1.32. The smallest absolute Gasteiger partial charge is 0.321 e. The molecule has 2 aromatic rings. The van der Waals surface area contributed by atoms with Gasteiger partial charge in [-0.3, -0.25) is 4.90 Å². The molecule has 4 rings (SSSR count). The number of benzene rings is 1. The summed E-state index contributed by atoms with van der Waals surface area (Å²) < 4.78 is 16.7. The zero-order valence-corrected chi connectivity index (χ0v) is 16.8. The van der Waals surface area contributed by atoms with E-state index in [0.29, 0.717) is 23.9 Å². The highest BCUT2D eigenvalue weighted by Gasteiger charge is 2.31. The van der Waals surface area contributed by atoms with Crippen molar-refractivity contribution in [3.8, 4) is 11.8 Å². The third-order valence-electron chi connectivity index (χ3n) is 5.34. The van der Waals surface area contributed by atoms with Crippen LogP contribution >= 0.6 is 0 Å². The largest absolute Gasteiger partial charge is 0.424 e. The highest BCUT2D eigenvalue weighted by molar-refractivity contribution is 5.89. The second kappa shape index (κ2) is 10.3. The van der Waals surface area contributed by atoms with Crippen LogP contribution in [0.4, 0.5) is 10.5 Å². The number of anilines is 1. The van der Waals surface area contributed by atoms with Crippen LogP contribution in [0.2, 0.25) is 0 Å². The molecule has 2 N–H and O–H groups in total. The monoisotopic (exact) mass is 413 g/mol. The van der Waals surface area contributed by atoms with Crippen molar-refractivity contribution in [1.82, 2.24) is 20.2 Å². The fourth-order valence-electron chi connectivity index (χ4n) is 3.81. The molecular formula is C21H27N5O4. The van der Waals surface area contributed by atoms with E-state index in [1.54, 1.807) is 36.7 Å². The summed E-state index contributed by atoms with van der Waals surface area (Å²) in [6.45, 7) is 5.31. The fraction of sp³-hybridized carbons (Fsp3) is 0.476. The number of carbonyl (C=O) groups is 1. The second-order valence-electron chi connectivity index (χ2n) is 7.34. The lowest BCUT2D eigenvalue weighted by atomic mass is 9.97. The number of ether oxygens (including phenoxy) is 3. The zero-order valence-electron chi connectivity index (χ0n) is 16.8.